The summed E-state index contributed by atoms with van der Waals surface area (Å²) < 4.78 is 0. The highest BCUT2D eigenvalue weighted by molar-refractivity contribution is 7.80. The van der Waals surface area contributed by atoms with E-state index in [0.717, 1.165) is 24.9 Å². The molecule has 0 atom stereocenters. The average molecular weight is 389 g/mol. The topological polar surface area (TPSA) is 65.5 Å². The highest BCUT2D eigenvalue weighted by Gasteiger charge is 2.09. The molecule has 5 nitrogen and oxygen atoms in total. The maximum atomic E-state index is 12.3. The Bertz CT molecular complexity index is 795. The van der Waals surface area contributed by atoms with Crippen molar-refractivity contribution in [2.24, 2.45) is 5.10 Å². The first-order valence-corrected chi connectivity index (χ1v) is 9.11. The first-order chi connectivity index (χ1) is 12.6. The first-order valence-electron chi connectivity index (χ1n) is 8.33. The van der Waals surface area contributed by atoms with Crippen molar-refractivity contribution in [1.29, 1.82) is 0 Å². The van der Waals surface area contributed by atoms with E-state index in [2.05, 4.69) is 28.1 Å². The molecule has 0 aromatic heterocycles. The van der Waals surface area contributed by atoms with Crippen molar-refractivity contribution in [3.8, 4) is 0 Å². The fourth-order valence-corrected chi connectivity index (χ4v) is 2.50. The number of unbranched alkanes of at least 4 members (excludes halogenated alkanes) is 1. The van der Waals surface area contributed by atoms with Crippen LogP contribution in [0.2, 0.25) is 5.02 Å². The number of nitrogens with zero attached hydrogens (tertiary/aromatic N) is 1. The van der Waals surface area contributed by atoms with Crippen LogP contribution < -0.4 is 16.1 Å². The van der Waals surface area contributed by atoms with Gasteiger partial charge in [-0.05, 0) is 48.5 Å². The molecule has 0 saturated heterocycles. The van der Waals surface area contributed by atoms with Gasteiger partial charge in [-0.25, -0.2) is 0 Å². The van der Waals surface area contributed by atoms with Crippen molar-refractivity contribution in [3.63, 3.8) is 0 Å². The Labute approximate surface area is 163 Å². The fraction of sp³-hybridized carbons (Fsp3) is 0.211. The molecule has 0 aliphatic carbocycles. The Hall–Kier alpha value is -2.44. The molecule has 2 aromatic carbocycles. The van der Waals surface area contributed by atoms with Gasteiger partial charge in [0.1, 0.15) is 0 Å². The van der Waals surface area contributed by atoms with Crippen LogP contribution in [0.3, 0.4) is 0 Å². The monoisotopic (exact) mass is 388 g/mol. The van der Waals surface area contributed by atoms with Crippen LogP contribution in [0.5, 0.6) is 0 Å². The zero-order chi connectivity index (χ0) is 18.8. The van der Waals surface area contributed by atoms with Crippen molar-refractivity contribution in [1.82, 2.24) is 10.7 Å². The Balaban J connectivity index is 1.93. The lowest BCUT2D eigenvalue weighted by molar-refractivity contribution is 0.102. The zero-order valence-electron chi connectivity index (χ0n) is 14.5. The number of amides is 1. The minimum atomic E-state index is -0.260. The van der Waals surface area contributed by atoms with Gasteiger partial charge in [-0.1, -0.05) is 49.2 Å². The van der Waals surface area contributed by atoms with Gasteiger partial charge < -0.3 is 10.6 Å². The summed E-state index contributed by atoms with van der Waals surface area (Å²) in [6.07, 6.45) is 3.79. The first kappa shape index (κ1) is 19.9. The summed E-state index contributed by atoms with van der Waals surface area (Å²) in [6.45, 7) is 2.94. The van der Waals surface area contributed by atoms with Crippen LogP contribution in [0.1, 0.15) is 35.7 Å². The molecule has 0 radical (unpaired) electrons. The minimum Gasteiger partial charge on any atom is -0.361 e. The molecule has 0 aliphatic rings. The van der Waals surface area contributed by atoms with Crippen LogP contribution in [0, 0.1) is 0 Å². The molecule has 0 bridgehead atoms. The summed E-state index contributed by atoms with van der Waals surface area (Å²) in [5.74, 6) is -0.260. The summed E-state index contributed by atoms with van der Waals surface area (Å²) in [5.41, 5.74) is 4.68. The molecule has 2 rings (SSSR count). The van der Waals surface area contributed by atoms with Crippen LogP contribution in [0.4, 0.5) is 5.69 Å². The molecular weight excluding hydrogens is 368 g/mol. The molecular formula is C19H21ClN4OS. The molecule has 2 aromatic rings. The molecule has 3 N–H and O–H groups in total. The second-order valence-corrected chi connectivity index (χ2v) is 6.35. The number of thiocarbonyl (C=S) groups is 1. The molecule has 7 heteroatoms. The summed E-state index contributed by atoms with van der Waals surface area (Å²) in [7, 11) is 0. The number of nitrogens with one attached hydrogen (secondary N) is 3. The highest BCUT2D eigenvalue weighted by atomic mass is 35.5. The second-order valence-electron chi connectivity index (χ2n) is 5.54. The molecule has 0 unspecified atom stereocenters. The third kappa shape index (κ3) is 6.46. The number of benzene rings is 2. The molecule has 136 valence electrons. The van der Waals surface area contributed by atoms with Crippen LogP contribution in [0.15, 0.2) is 53.6 Å². The van der Waals surface area contributed by atoms with E-state index >= 15 is 0 Å². The number of halogens is 1. The number of hydrogen-bond acceptors (Lipinski definition) is 3. The summed E-state index contributed by atoms with van der Waals surface area (Å²) >= 11 is 11.2. The van der Waals surface area contributed by atoms with E-state index in [-0.39, 0.29) is 5.91 Å². The Morgan fingerprint density at radius 1 is 1.23 bits per heavy atom. The van der Waals surface area contributed by atoms with E-state index in [9.17, 15) is 4.79 Å². The highest BCUT2D eigenvalue weighted by Crippen LogP contribution is 2.17. The molecule has 0 saturated carbocycles. The number of anilines is 1. The van der Waals surface area contributed by atoms with Gasteiger partial charge in [-0.15, -0.1) is 0 Å². The number of rotatable bonds is 7. The Morgan fingerprint density at radius 3 is 2.81 bits per heavy atom. The summed E-state index contributed by atoms with van der Waals surface area (Å²) in [6, 6.07) is 14.2. The average Bonchev–Trinajstić information content (AvgIpc) is 2.62. The van der Waals surface area contributed by atoms with E-state index in [4.69, 9.17) is 23.8 Å². The standard InChI is InChI=1S/C19H21ClN4OS/c1-2-3-11-21-19(26)24-22-13-14-7-6-8-15(12-14)23-18(25)16-9-4-5-10-17(16)20/h4-10,12-13H,2-3,11H2,1H3,(H,23,25)(H2,21,24,26)/b22-13-. The predicted octanol–water partition coefficient (Wildman–Crippen LogP) is 4.19. The normalized spacial score (nSPS) is 10.5. The van der Waals surface area contributed by atoms with Gasteiger partial charge in [0.15, 0.2) is 5.11 Å². The van der Waals surface area contributed by atoms with Gasteiger partial charge in [0.05, 0.1) is 16.8 Å². The number of carbonyl (C=O) groups is 1. The van der Waals surface area contributed by atoms with Crippen LogP contribution >= 0.6 is 23.8 Å². The van der Waals surface area contributed by atoms with Gasteiger partial charge in [0, 0.05) is 12.2 Å². The predicted molar refractivity (Wildman–Crippen MR) is 112 cm³/mol. The van der Waals surface area contributed by atoms with E-state index in [1.54, 1.807) is 36.5 Å². The van der Waals surface area contributed by atoms with Crippen molar-refractivity contribution >= 4 is 46.7 Å². The van der Waals surface area contributed by atoms with Crippen LogP contribution in [-0.4, -0.2) is 23.8 Å². The molecule has 1 amide bonds. The van der Waals surface area contributed by atoms with Gasteiger partial charge in [0.2, 0.25) is 0 Å². The number of hydrazone groups is 1. The zero-order valence-corrected chi connectivity index (χ0v) is 16.0. The van der Waals surface area contributed by atoms with Crippen LogP contribution in [-0.2, 0) is 0 Å². The SMILES string of the molecule is CCCCNC(=S)N/N=C\c1cccc(NC(=O)c2ccccc2Cl)c1. The van der Waals surface area contributed by atoms with Gasteiger partial charge in [0.25, 0.3) is 5.91 Å². The largest absolute Gasteiger partial charge is 0.361 e. The maximum absolute atomic E-state index is 12.3. The molecule has 26 heavy (non-hydrogen) atoms. The van der Waals surface area contributed by atoms with E-state index in [1.165, 1.54) is 0 Å². The fourth-order valence-electron chi connectivity index (χ4n) is 2.12. The Kier molecular flexibility index (Phi) is 8.05. The quantitative estimate of drug-likeness (QED) is 0.288. The third-order valence-electron chi connectivity index (χ3n) is 3.46. The summed E-state index contributed by atoms with van der Waals surface area (Å²) in [4.78, 5) is 12.3. The van der Waals surface area contributed by atoms with Gasteiger partial charge >= 0.3 is 0 Å². The lowest BCUT2D eigenvalue weighted by atomic mass is 10.2. The minimum absolute atomic E-state index is 0.260. The number of hydrogen-bond donors (Lipinski definition) is 3. The lowest BCUT2D eigenvalue weighted by Gasteiger charge is -2.07. The Morgan fingerprint density at radius 2 is 2.04 bits per heavy atom. The van der Waals surface area contributed by atoms with E-state index in [0.29, 0.717) is 21.4 Å². The van der Waals surface area contributed by atoms with Gasteiger partial charge in [-0.3, -0.25) is 10.2 Å². The number of carbonyl (C=O) groups excluding carboxylic acids is 1. The maximum Gasteiger partial charge on any atom is 0.257 e. The molecule has 0 aliphatic heterocycles. The molecule has 0 spiro atoms. The lowest BCUT2D eigenvalue weighted by Crippen LogP contribution is -2.32. The van der Waals surface area contributed by atoms with E-state index < -0.39 is 0 Å². The second kappa shape index (κ2) is 10.5. The molecule has 0 heterocycles. The van der Waals surface area contributed by atoms with E-state index in [1.807, 2.05) is 18.2 Å². The van der Waals surface area contributed by atoms with Gasteiger partial charge in [-0.2, -0.15) is 5.10 Å². The van der Waals surface area contributed by atoms with Crippen molar-refractivity contribution < 1.29 is 4.79 Å². The van der Waals surface area contributed by atoms with Crippen molar-refractivity contribution in [3.05, 3.63) is 64.7 Å². The van der Waals surface area contributed by atoms with Crippen molar-refractivity contribution in [2.45, 2.75) is 19.8 Å². The summed E-state index contributed by atoms with van der Waals surface area (Å²) in [5, 5.41) is 10.9. The smallest absolute Gasteiger partial charge is 0.257 e. The third-order valence-corrected chi connectivity index (χ3v) is 4.02. The van der Waals surface area contributed by atoms with Crippen LogP contribution in [0.25, 0.3) is 0 Å². The molecule has 0 fully saturated rings. The van der Waals surface area contributed by atoms with Crippen molar-refractivity contribution in [2.75, 3.05) is 11.9 Å².